The Morgan fingerprint density at radius 3 is 2.42 bits per heavy atom. The summed E-state index contributed by atoms with van der Waals surface area (Å²) in [6.07, 6.45) is 5.01. The molecule has 98 valence electrons. The van der Waals surface area contributed by atoms with Gasteiger partial charge in [0.25, 0.3) is 0 Å². The van der Waals surface area contributed by atoms with E-state index in [-0.39, 0.29) is 0 Å². The molecule has 0 fully saturated rings. The van der Waals surface area contributed by atoms with Crippen LogP contribution in [0.25, 0.3) is 12.2 Å². The lowest BCUT2D eigenvalue weighted by atomic mass is 10.1. The van der Waals surface area contributed by atoms with Gasteiger partial charge in [0.05, 0.1) is 17.1 Å². The molecule has 19 heavy (non-hydrogen) atoms. The molecule has 1 heterocycles. The van der Waals surface area contributed by atoms with E-state index in [1.54, 1.807) is 13.2 Å². The van der Waals surface area contributed by atoms with Gasteiger partial charge in [-0.15, -0.1) is 0 Å². The van der Waals surface area contributed by atoms with Crippen molar-refractivity contribution in [2.75, 3.05) is 18.6 Å². The summed E-state index contributed by atoms with van der Waals surface area (Å²) in [4.78, 5) is 7.81. The molecule has 0 saturated carbocycles. The highest BCUT2D eigenvalue weighted by atomic mass is 79.9. The molecule has 5 nitrogen and oxygen atoms in total. The van der Waals surface area contributed by atoms with E-state index in [1.807, 2.05) is 24.3 Å². The normalized spacial score (nSPS) is 10.8. The Hall–Kier alpha value is -2.08. The number of hydrogen-bond acceptors (Lipinski definition) is 5. The number of anilines is 2. The number of hydrogen-bond donors (Lipinski definition) is 2. The first-order valence-electron chi connectivity index (χ1n) is 5.49. The largest absolute Gasteiger partial charge is 0.496 e. The summed E-state index contributed by atoms with van der Waals surface area (Å²) in [6.45, 7) is 0. The number of benzene rings is 1. The van der Waals surface area contributed by atoms with Crippen molar-refractivity contribution in [3.05, 3.63) is 40.1 Å². The Labute approximate surface area is 119 Å². The lowest BCUT2D eigenvalue weighted by Gasteiger charge is -2.04. The lowest BCUT2D eigenvalue weighted by Crippen LogP contribution is -2.00. The fraction of sp³-hybridized carbons (Fsp3) is 0.0769. The van der Waals surface area contributed by atoms with Crippen LogP contribution in [-0.4, -0.2) is 17.1 Å². The van der Waals surface area contributed by atoms with Gasteiger partial charge in [0.1, 0.15) is 23.7 Å². The Bertz CT molecular complexity index is 608. The molecule has 0 saturated heterocycles. The van der Waals surface area contributed by atoms with E-state index in [1.165, 1.54) is 6.33 Å². The third-order valence-electron chi connectivity index (χ3n) is 2.56. The van der Waals surface area contributed by atoms with Crippen molar-refractivity contribution in [1.82, 2.24) is 9.97 Å². The fourth-order valence-electron chi connectivity index (χ4n) is 1.56. The maximum absolute atomic E-state index is 5.75. The molecule has 0 unspecified atom stereocenters. The van der Waals surface area contributed by atoms with Gasteiger partial charge in [-0.2, -0.15) is 0 Å². The van der Waals surface area contributed by atoms with Crippen molar-refractivity contribution >= 4 is 39.7 Å². The van der Waals surface area contributed by atoms with Crippen LogP contribution >= 0.6 is 15.9 Å². The first kappa shape index (κ1) is 13.4. The molecule has 0 atom stereocenters. The number of halogens is 1. The van der Waals surface area contributed by atoms with E-state index >= 15 is 0 Å². The van der Waals surface area contributed by atoms with Gasteiger partial charge in [0.2, 0.25) is 0 Å². The highest BCUT2D eigenvalue weighted by Crippen LogP contribution is 2.26. The Morgan fingerprint density at radius 1 is 1.16 bits per heavy atom. The molecular formula is C13H13BrN4O. The summed E-state index contributed by atoms with van der Waals surface area (Å²) < 4.78 is 6.05. The van der Waals surface area contributed by atoms with Crippen molar-refractivity contribution in [2.45, 2.75) is 0 Å². The van der Waals surface area contributed by atoms with Crippen molar-refractivity contribution < 1.29 is 4.74 Å². The van der Waals surface area contributed by atoms with E-state index in [2.05, 4.69) is 25.9 Å². The Kier molecular flexibility index (Phi) is 4.01. The van der Waals surface area contributed by atoms with Crippen molar-refractivity contribution in [1.29, 1.82) is 0 Å². The molecule has 0 aliphatic rings. The zero-order chi connectivity index (χ0) is 13.8. The number of nitrogens with zero attached hydrogens (tertiary/aromatic N) is 2. The Balaban J connectivity index is 2.30. The predicted octanol–water partition coefficient (Wildman–Crippen LogP) is 2.58. The molecule has 1 aromatic heterocycles. The minimum Gasteiger partial charge on any atom is -0.496 e. The summed E-state index contributed by atoms with van der Waals surface area (Å²) in [5.41, 5.74) is 13.1. The molecule has 0 aliphatic heterocycles. The molecule has 2 aromatic rings. The zero-order valence-corrected chi connectivity index (χ0v) is 11.9. The molecule has 1 aromatic carbocycles. The van der Waals surface area contributed by atoms with Gasteiger partial charge in [-0.3, -0.25) is 0 Å². The predicted molar refractivity (Wildman–Crippen MR) is 80.5 cm³/mol. The molecule has 0 radical (unpaired) electrons. The molecule has 4 N–H and O–H groups in total. The highest BCUT2D eigenvalue weighted by molar-refractivity contribution is 9.10. The summed E-state index contributed by atoms with van der Waals surface area (Å²) in [5, 5.41) is 0. The zero-order valence-electron chi connectivity index (χ0n) is 10.3. The third kappa shape index (κ3) is 3.03. The first-order chi connectivity index (χ1) is 9.11. The van der Waals surface area contributed by atoms with Gasteiger partial charge in [-0.25, -0.2) is 9.97 Å². The second-order valence-electron chi connectivity index (χ2n) is 3.79. The molecule has 0 amide bonds. The minimum atomic E-state index is 0.358. The molecule has 2 rings (SSSR count). The lowest BCUT2D eigenvalue weighted by molar-refractivity contribution is 0.412. The van der Waals surface area contributed by atoms with Gasteiger partial charge in [0, 0.05) is 0 Å². The van der Waals surface area contributed by atoms with Crippen LogP contribution in [0.2, 0.25) is 0 Å². The molecule has 0 bridgehead atoms. The third-order valence-corrected chi connectivity index (χ3v) is 3.18. The van der Waals surface area contributed by atoms with Crippen LogP contribution in [0.5, 0.6) is 5.75 Å². The maximum atomic E-state index is 5.75. The number of nitrogen functional groups attached to an aromatic ring is 2. The number of aromatic nitrogens is 2. The van der Waals surface area contributed by atoms with E-state index in [0.717, 1.165) is 15.8 Å². The summed E-state index contributed by atoms with van der Waals surface area (Å²) in [7, 11) is 1.62. The average Bonchev–Trinajstić information content (AvgIpc) is 2.38. The standard InChI is InChI=1S/C13H13BrN4O/c1-19-11-5-3-8(6-10(11)14)2-4-9-12(15)17-7-18-13(9)16/h2-7H,1H3,(H4,15,16,17,18)/b4-2+. The topological polar surface area (TPSA) is 87.0 Å². The van der Waals surface area contributed by atoms with Crippen molar-refractivity contribution in [3.63, 3.8) is 0 Å². The molecule has 0 spiro atoms. The van der Waals surface area contributed by atoms with Crippen LogP contribution in [0.1, 0.15) is 11.1 Å². The van der Waals surface area contributed by atoms with Gasteiger partial charge in [0.15, 0.2) is 0 Å². The van der Waals surface area contributed by atoms with Gasteiger partial charge in [-0.05, 0) is 39.7 Å². The van der Waals surface area contributed by atoms with E-state index in [0.29, 0.717) is 17.2 Å². The van der Waals surface area contributed by atoms with Gasteiger partial charge >= 0.3 is 0 Å². The van der Waals surface area contributed by atoms with Crippen LogP contribution in [0.3, 0.4) is 0 Å². The smallest absolute Gasteiger partial charge is 0.136 e. The van der Waals surface area contributed by atoms with Crippen LogP contribution < -0.4 is 16.2 Å². The van der Waals surface area contributed by atoms with Crippen LogP contribution in [0.4, 0.5) is 11.6 Å². The van der Waals surface area contributed by atoms with E-state index < -0.39 is 0 Å². The summed E-state index contributed by atoms with van der Waals surface area (Å²) in [6, 6.07) is 5.74. The summed E-state index contributed by atoms with van der Waals surface area (Å²) >= 11 is 3.43. The SMILES string of the molecule is COc1ccc(/C=C/c2c(N)ncnc2N)cc1Br. The summed E-state index contributed by atoms with van der Waals surface area (Å²) in [5.74, 6) is 1.49. The van der Waals surface area contributed by atoms with Crippen LogP contribution in [-0.2, 0) is 0 Å². The molecule has 0 aliphatic carbocycles. The number of methoxy groups -OCH3 is 1. The van der Waals surface area contributed by atoms with Gasteiger partial charge < -0.3 is 16.2 Å². The van der Waals surface area contributed by atoms with Crippen LogP contribution in [0, 0.1) is 0 Å². The highest BCUT2D eigenvalue weighted by Gasteiger charge is 2.03. The van der Waals surface area contributed by atoms with E-state index in [9.17, 15) is 0 Å². The Morgan fingerprint density at radius 2 is 1.84 bits per heavy atom. The number of ether oxygens (including phenoxy) is 1. The minimum absolute atomic E-state index is 0.358. The quantitative estimate of drug-likeness (QED) is 0.907. The monoisotopic (exact) mass is 320 g/mol. The number of rotatable bonds is 3. The molecule has 6 heteroatoms. The maximum Gasteiger partial charge on any atom is 0.136 e. The average molecular weight is 321 g/mol. The van der Waals surface area contributed by atoms with Crippen molar-refractivity contribution in [3.8, 4) is 5.75 Å². The number of nitrogens with two attached hydrogens (primary N) is 2. The second-order valence-corrected chi connectivity index (χ2v) is 4.64. The van der Waals surface area contributed by atoms with Gasteiger partial charge in [-0.1, -0.05) is 12.1 Å². The van der Waals surface area contributed by atoms with Crippen LogP contribution in [0.15, 0.2) is 29.0 Å². The van der Waals surface area contributed by atoms with Crippen molar-refractivity contribution in [2.24, 2.45) is 0 Å². The first-order valence-corrected chi connectivity index (χ1v) is 6.28. The second kappa shape index (κ2) is 5.71. The molecular weight excluding hydrogens is 308 g/mol. The van der Waals surface area contributed by atoms with E-state index in [4.69, 9.17) is 16.2 Å². The fourth-order valence-corrected chi connectivity index (χ4v) is 2.12.